The van der Waals surface area contributed by atoms with Gasteiger partial charge in [0.05, 0.1) is 5.56 Å². The normalized spacial score (nSPS) is 21.7. The highest BCUT2D eigenvalue weighted by molar-refractivity contribution is 6.30. The first-order valence-corrected chi connectivity index (χ1v) is 8.64. The number of hydrogen-bond acceptors (Lipinski definition) is 4. The van der Waals surface area contributed by atoms with Crippen LogP contribution in [-0.4, -0.2) is 24.1 Å². The molecule has 3 rings (SSSR count). The lowest BCUT2D eigenvalue weighted by molar-refractivity contribution is 0.296. The number of aromatic nitrogens is 1. The summed E-state index contributed by atoms with van der Waals surface area (Å²) in [4.78, 5) is 4.33. The molecule has 1 saturated heterocycles. The number of piperidine rings is 1. The molecular formula is C19H21ClN4. The zero-order valence-electron chi connectivity index (χ0n) is 13.7. The number of anilines is 1. The summed E-state index contributed by atoms with van der Waals surface area (Å²) in [5.74, 6) is 1.76. The third kappa shape index (κ3) is 3.87. The minimum atomic E-state index is 0.285. The molecule has 1 aromatic heterocycles. The topological polar surface area (TPSA) is 60.7 Å². The van der Waals surface area contributed by atoms with Gasteiger partial charge in [0, 0.05) is 29.7 Å². The number of benzene rings is 1. The standard InChI is InChI=1S/C19H21ClN4/c1-13(24-19-7-2-14(10-21)11-23-19)17-8-9-22-12-18(17)15-3-5-16(20)6-4-15/h2-7,11,13,17-18,22H,8-9,12H2,1H3,(H,23,24). The molecule has 1 aromatic carbocycles. The molecule has 1 fully saturated rings. The van der Waals surface area contributed by atoms with Crippen molar-refractivity contribution in [3.05, 3.63) is 58.7 Å². The summed E-state index contributed by atoms with van der Waals surface area (Å²) in [6.07, 6.45) is 2.71. The predicted octanol–water partition coefficient (Wildman–Crippen LogP) is 3.80. The summed E-state index contributed by atoms with van der Waals surface area (Å²) < 4.78 is 0. The number of nitrogens with zero attached hydrogens (tertiary/aromatic N) is 2. The molecule has 2 aromatic rings. The van der Waals surface area contributed by atoms with Gasteiger partial charge in [-0.3, -0.25) is 0 Å². The molecular weight excluding hydrogens is 320 g/mol. The van der Waals surface area contributed by atoms with Gasteiger partial charge in [0.15, 0.2) is 0 Å². The Kier molecular flexibility index (Phi) is 5.34. The van der Waals surface area contributed by atoms with Crippen molar-refractivity contribution in [2.75, 3.05) is 18.4 Å². The first-order chi connectivity index (χ1) is 11.7. The van der Waals surface area contributed by atoms with E-state index in [-0.39, 0.29) is 6.04 Å². The lowest BCUT2D eigenvalue weighted by atomic mass is 9.77. The van der Waals surface area contributed by atoms with Crippen molar-refractivity contribution in [1.29, 1.82) is 5.26 Å². The van der Waals surface area contributed by atoms with E-state index in [1.54, 1.807) is 12.3 Å². The average molecular weight is 341 g/mol. The summed E-state index contributed by atoms with van der Waals surface area (Å²) in [6, 6.07) is 14.2. The van der Waals surface area contributed by atoms with Gasteiger partial charge in [0.25, 0.3) is 0 Å². The largest absolute Gasteiger partial charge is 0.367 e. The Labute approximate surface area is 147 Å². The van der Waals surface area contributed by atoms with Crippen molar-refractivity contribution in [1.82, 2.24) is 10.3 Å². The smallest absolute Gasteiger partial charge is 0.126 e. The number of halogens is 1. The molecule has 4 nitrogen and oxygen atoms in total. The van der Waals surface area contributed by atoms with E-state index in [9.17, 15) is 0 Å². The minimum absolute atomic E-state index is 0.285. The fourth-order valence-corrected chi connectivity index (χ4v) is 3.56. The second-order valence-corrected chi connectivity index (χ2v) is 6.73. The molecule has 0 radical (unpaired) electrons. The van der Waals surface area contributed by atoms with Crippen LogP contribution in [0.15, 0.2) is 42.6 Å². The van der Waals surface area contributed by atoms with Gasteiger partial charge in [0.1, 0.15) is 11.9 Å². The van der Waals surface area contributed by atoms with Crippen LogP contribution in [0.4, 0.5) is 5.82 Å². The third-order valence-electron chi connectivity index (χ3n) is 4.74. The predicted molar refractivity (Wildman–Crippen MR) is 97.2 cm³/mol. The van der Waals surface area contributed by atoms with E-state index >= 15 is 0 Å². The Bertz CT molecular complexity index is 706. The highest BCUT2D eigenvalue weighted by Gasteiger charge is 2.30. The molecule has 5 heteroatoms. The lowest BCUT2D eigenvalue weighted by Gasteiger charge is -2.37. The molecule has 1 aliphatic heterocycles. The molecule has 24 heavy (non-hydrogen) atoms. The molecule has 2 heterocycles. The van der Waals surface area contributed by atoms with Crippen molar-refractivity contribution < 1.29 is 0 Å². The Morgan fingerprint density at radius 1 is 1.29 bits per heavy atom. The number of nitriles is 1. The highest BCUT2D eigenvalue weighted by Crippen LogP contribution is 2.33. The molecule has 1 aliphatic rings. The summed E-state index contributed by atoms with van der Waals surface area (Å²) in [6.45, 7) is 4.21. The van der Waals surface area contributed by atoms with Crippen LogP contribution in [0.3, 0.4) is 0 Å². The minimum Gasteiger partial charge on any atom is -0.367 e. The molecule has 0 saturated carbocycles. The maximum absolute atomic E-state index is 8.87. The fraction of sp³-hybridized carbons (Fsp3) is 0.368. The number of hydrogen-bond donors (Lipinski definition) is 2. The molecule has 0 amide bonds. The summed E-state index contributed by atoms with van der Waals surface area (Å²) in [5, 5.41) is 16.6. The van der Waals surface area contributed by atoms with Crippen molar-refractivity contribution in [2.45, 2.75) is 25.3 Å². The number of pyridine rings is 1. The quantitative estimate of drug-likeness (QED) is 0.888. The van der Waals surface area contributed by atoms with Crippen LogP contribution in [-0.2, 0) is 0 Å². The zero-order valence-corrected chi connectivity index (χ0v) is 14.4. The lowest BCUT2D eigenvalue weighted by Crippen LogP contribution is -2.42. The zero-order chi connectivity index (χ0) is 16.9. The maximum Gasteiger partial charge on any atom is 0.126 e. The van der Waals surface area contributed by atoms with Gasteiger partial charge in [-0.1, -0.05) is 23.7 Å². The molecule has 0 aliphatic carbocycles. The van der Waals surface area contributed by atoms with Crippen molar-refractivity contribution in [2.24, 2.45) is 5.92 Å². The van der Waals surface area contributed by atoms with Crippen LogP contribution in [0, 0.1) is 17.2 Å². The molecule has 124 valence electrons. The molecule has 0 bridgehead atoms. The first-order valence-electron chi connectivity index (χ1n) is 8.26. The summed E-state index contributed by atoms with van der Waals surface area (Å²) >= 11 is 6.02. The van der Waals surface area contributed by atoms with Gasteiger partial charge in [0.2, 0.25) is 0 Å². The van der Waals surface area contributed by atoms with Gasteiger partial charge in [-0.2, -0.15) is 5.26 Å². The first kappa shape index (κ1) is 16.8. The maximum atomic E-state index is 8.87. The second kappa shape index (κ2) is 7.65. The van der Waals surface area contributed by atoms with E-state index in [2.05, 4.69) is 40.7 Å². The van der Waals surface area contributed by atoms with E-state index < -0.39 is 0 Å². The van der Waals surface area contributed by atoms with Gasteiger partial charge in [-0.25, -0.2) is 4.98 Å². The fourth-order valence-electron chi connectivity index (χ4n) is 3.44. The van der Waals surface area contributed by atoms with E-state index in [0.717, 1.165) is 30.4 Å². The van der Waals surface area contributed by atoms with Crippen LogP contribution < -0.4 is 10.6 Å². The van der Waals surface area contributed by atoms with Crippen LogP contribution >= 0.6 is 11.6 Å². The van der Waals surface area contributed by atoms with Gasteiger partial charge >= 0.3 is 0 Å². The van der Waals surface area contributed by atoms with Crippen molar-refractivity contribution in [3.8, 4) is 6.07 Å². The monoisotopic (exact) mass is 340 g/mol. The third-order valence-corrected chi connectivity index (χ3v) is 5.00. The molecule has 3 atom stereocenters. The molecule has 3 unspecified atom stereocenters. The van der Waals surface area contributed by atoms with Crippen LogP contribution in [0.25, 0.3) is 0 Å². The van der Waals surface area contributed by atoms with Crippen LogP contribution in [0.1, 0.15) is 30.4 Å². The van der Waals surface area contributed by atoms with E-state index in [0.29, 0.717) is 17.4 Å². The van der Waals surface area contributed by atoms with Crippen LogP contribution in [0.5, 0.6) is 0 Å². The van der Waals surface area contributed by atoms with Crippen LogP contribution in [0.2, 0.25) is 5.02 Å². The summed E-state index contributed by atoms with van der Waals surface area (Å²) in [7, 11) is 0. The molecule has 2 N–H and O–H groups in total. The van der Waals surface area contributed by atoms with E-state index in [4.69, 9.17) is 16.9 Å². The SMILES string of the molecule is CC(Nc1ccc(C#N)cn1)C1CCNCC1c1ccc(Cl)cc1. The Hall–Kier alpha value is -2.09. The van der Waals surface area contributed by atoms with E-state index in [1.807, 2.05) is 18.2 Å². The molecule has 0 spiro atoms. The van der Waals surface area contributed by atoms with Gasteiger partial charge in [-0.15, -0.1) is 0 Å². The van der Waals surface area contributed by atoms with Crippen molar-refractivity contribution in [3.63, 3.8) is 0 Å². The Morgan fingerprint density at radius 3 is 2.75 bits per heavy atom. The number of rotatable bonds is 4. The van der Waals surface area contributed by atoms with E-state index in [1.165, 1.54) is 5.56 Å². The second-order valence-electron chi connectivity index (χ2n) is 6.29. The Morgan fingerprint density at radius 2 is 2.08 bits per heavy atom. The highest BCUT2D eigenvalue weighted by atomic mass is 35.5. The number of nitrogens with one attached hydrogen (secondary N) is 2. The van der Waals surface area contributed by atoms with Gasteiger partial charge < -0.3 is 10.6 Å². The van der Waals surface area contributed by atoms with Gasteiger partial charge in [-0.05, 0) is 55.6 Å². The average Bonchev–Trinajstić information content (AvgIpc) is 2.63. The van der Waals surface area contributed by atoms with Crippen molar-refractivity contribution >= 4 is 17.4 Å². The Balaban J connectivity index is 1.74. The summed E-state index contributed by atoms with van der Waals surface area (Å²) in [5.41, 5.74) is 1.90.